The molecule has 0 bridgehead atoms. The molecule has 0 radical (unpaired) electrons. The molecule has 1 unspecified atom stereocenters. The van der Waals surface area contributed by atoms with Gasteiger partial charge in [0.05, 0.1) is 16.7 Å². The van der Waals surface area contributed by atoms with Gasteiger partial charge in [0.2, 0.25) is 0 Å². The van der Waals surface area contributed by atoms with E-state index in [1.165, 1.54) is 10.4 Å². The third-order valence-electron chi connectivity index (χ3n) is 2.62. The van der Waals surface area contributed by atoms with Crippen molar-refractivity contribution in [1.29, 1.82) is 0 Å². The van der Waals surface area contributed by atoms with E-state index >= 15 is 0 Å². The van der Waals surface area contributed by atoms with Crippen molar-refractivity contribution in [1.82, 2.24) is 4.98 Å². The SMILES string of the molecule is Cc1cccc(C(N)c2sc(C)nc2C)c1. The fourth-order valence-electron chi connectivity index (χ4n) is 1.85. The van der Waals surface area contributed by atoms with Crippen LogP contribution < -0.4 is 5.73 Å². The van der Waals surface area contributed by atoms with Crippen molar-refractivity contribution < 1.29 is 0 Å². The predicted molar refractivity (Wildman–Crippen MR) is 68.8 cm³/mol. The summed E-state index contributed by atoms with van der Waals surface area (Å²) in [6, 6.07) is 8.30. The molecule has 1 aromatic carbocycles. The molecule has 0 saturated heterocycles. The quantitative estimate of drug-likeness (QED) is 0.864. The van der Waals surface area contributed by atoms with Crippen molar-refractivity contribution >= 4 is 11.3 Å². The van der Waals surface area contributed by atoms with Crippen molar-refractivity contribution in [3.63, 3.8) is 0 Å². The van der Waals surface area contributed by atoms with E-state index in [0.29, 0.717) is 0 Å². The molecule has 1 atom stereocenters. The maximum Gasteiger partial charge on any atom is 0.0900 e. The highest BCUT2D eigenvalue weighted by atomic mass is 32.1. The number of nitrogens with zero attached hydrogens (tertiary/aromatic N) is 1. The van der Waals surface area contributed by atoms with Gasteiger partial charge >= 0.3 is 0 Å². The van der Waals surface area contributed by atoms with E-state index < -0.39 is 0 Å². The summed E-state index contributed by atoms with van der Waals surface area (Å²) in [7, 11) is 0. The minimum Gasteiger partial charge on any atom is -0.320 e. The topological polar surface area (TPSA) is 38.9 Å². The zero-order valence-corrected chi connectivity index (χ0v) is 10.6. The smallest absolute Gasteiger partial charge is 0.0900 e. The fraction of sp³-hybridized carbons (Fsp3) is 0.308. The van der Waals surface area contributed by atoms with Crippen molar-refractivity contribution in [3.05, 3.63) is 51.0 Å². The Morgan fingerprint density at radius 2 is 2.00 bits per heavy atom. The molecule has 1 aromatic heterocycles. The lowest BCUT2D eigenvalue weighted by atomic mass is 10.0. The summed E-state index contributed by atoms with van der Waals surface area (Å²) in [6.45, 7) is 6.12. The average Bonchev–Trinajstić information content (AvgIpc) is 2.57. The lowest BCUT2D eigenvalue weighted by molar-refractivity contribution is 0.875. The van der Waals surface area contributed by atoms with Gasteiger partial charge in [-0.1, -0.05) is 29.8 Å². The molecule has 0 spiro atoms. The Morgan fingerprint density at radius 1 is 1.25 bits per heavy atom. The second-order valence-corrected chi connectivity index (χ2v) is 5.31. The number of rotatable bonds is 2. The van der Waals surface area contributed by atoms with Crippen LogP contribution in [-0.4, -0.2) is 4.98 Å². The molecule has 2 aromatic rings. The Hall–Kier alpha value is -1.19. The highest BCUT2D eigenvalue weighted by molar-refractivity contribution is 7.11. The molecule has 1 heterocycles. The lowest BCUT2D eigenvalue weighted by Gasteiger charge is -2.11. The molecular weight excluding hydrogens is 216 g/mol. The van der Waals surface area contributed by atoms with Crippen LogP contribution in [0.2, 0.25) is 0 Å². The van der Waals surface area contributed by atoms with Gasteiger partial charge in [0.25, 0.3) is 0 Å². The third kappa shape index (κ3) is 2.15. The molecule has 2 nitrogen and oxygen atoms in total. The van der Waals surface area contributed by atoms with Crippen LogP contribution >= 0.6 is 11.3 Å². The Balaban J connectivity index is 2.38. The minimum atomic E-state index is -0.0499. The number of hydrogen-bond acceptors (Lipinski definition) is 3. The van der Waals surface area contributed by atoms with Crippen LogP contribution in [0.4, 0.5) is 0 Å². The largest absolute Gasteiger partial charge is 0.320 e. The number of aryl methyl sites for hydroxylation is 3. The van der Waals surface area contributed by atoms with Gasteiger partial charge in [0.15, 0.2) is 0 Å². The van der Waals surface area contributed by atoms with E-state index in [1.54, 1.807) is 11.3 Å². The van der Waals surface area contributed by atoms with Gasteiger partial charge in [-0.25, -0.2) is 4.98 Å². The highest BCUT2D eigenvalue weighted by Gasteiger charge is 2.15. The lowest BCUT2D eigenvalue weighted by Crippen LogP contribution is -2.11. The van der Waals surface area contributed by atoms with Crippen LogP contribution in [0.5, 0.6) is 0 Å². The molecular formula is C13H16N2S. The molecule has 0 amide bonds. The molecule has 0 aliphatic heterocycles. The van der Waals surface area contributed by atoms with E-state index in [1.807, 2.05) is 19.9 Å². The number of aromatic nitrogens is 1. The van der Waals surface area contributed by atoms with Gasteiger partial charge in [-0.15, -0.1) is 11.3 Å². The van der Waals surface area contributed by atoms with Crippen LogP contribution in [0, 0.1) is 20.8 Å². The molecule has 0 fully saturated rings. The highest BCUT2D eigenvalue weighted by Crippen LogP contribution is 2.28. The van der Waals surface area contributed by atoms with E-state index in [-0.39, 0.29) is 6.04 Å². The van der Waals surface area contributed by atoms with Crippen LogP contribution in [0.25, 0.3) is 0 Å². The van der Waals surface area contributed by atoms with Gasteiger partial charge in [-0.3, -0.25) is 0 Å². The monoisotopic (exact) mass is 232 g/mol. The summed E-state index contributed by atoms with van der Waals surface area (Å²) in [6.07, 6.45) is 0. The zero-order valence-electron chi connectivity index (χ0n) is 9.82. The molecule has 2 rings (SSSR count). The number of thiazole rings is 1. The maximum atomic E-state index is 6.27. The van der Waals surface area contributed by atoms with Gasteiger partial charge in [0.1, 0.15) is 0 Å². The molecule has 16 heavy (non-hydrogen) atoms. The van der Waals surface area contributed by atoms with E-state index in [2.05, 4.69) is 30.1 Å². The third-order valence-corrected chi connectivity index (χ3v) is 3.78. The summed E-state index contributed by atoms with van der Waals surface area (Å²) < 4.78 is 0. The number of nitrogens with two attached hydrogens (primary N) is 1. The first-order chi connectivity index (χ1) is 7.58. The van der Waals surface area contributed by atoms with Gasteiger partial charge < -0.3 is 5.73 Å². The van der Waals surface area contributed by atoms with Crippen LogP contribution in [0.15, 0.2) is 24.3 Å². The first-order valence-corrected chi connectivity index (χ1v) is 6.15. The van der Waals surface area contributed by atoms with Crippen LogP contribution in [-0.2, 0) is 0 Å². The normalized spacial score (nSPS) is 12.8. The summed E-state index contributed by atoms with van der Waals surface area (Å²) in [5, 5.41) is 1.08. The molecule has 84 valence electrons. The Bertz CT molecular complexity index is 502. The minimum absolute atomic E-state index is 0.0499. The first-order valence-electron chi connectivity index (χ1n) is 5.34. The molecule has 2 N–H and O–H groups in total. The van der Waals surface area contributed by atoms with Gasteiger partial charge in [-0.05, 0) is 26.3 Å². The molecule has 0 aliphatic rings. The van der Waals surface area contributed by atoms with E-state index in [9.17, 15) is 0 Å². The Labute approximate surface area is 100 Å². The maximum absolute atomic E-state index is 6.27. The number of benzene rings is 1. The average molecular weight is 232 g/mol. The Kier molecular flexibility index (Phi) is 3.08. The summed E-state index contributed by atoms with van der Waals surface area (Å²) in [4.78, 5) is 5.59. The standard InChI is InChI=1S/C13H16N2S/c1-8-5-4-6-11(7-8)12(14)13-9(2)15-10(3)16-13/h4-7,12H,14H2,1-3H3. The first kappa shape index (κ1) is 11.3. The zero-order chi connectivity index (χ0) is 11.7. The predicted octanol–water partition coefficient (Wildman–Crippen LogP) is 3.12. The number of hydrogen-bond donors (Lipinski definition) is 1. The van der Waals surface area contributed by atoms with E-state index in [4.69, 9.17) is 5.73 Å². The van der Waals surface area contributed by atoms with Gasteiger partial charge in [-0.2, -0.15) is 0 Å². The summed E-state index contributed by atoms with van der Waals surface area (Å²) >= 11 is 1.69. The summed E-state index contributed by atoms with van der Waals surface area (Å²) in [5.41, 5.74) is 9.72. The van der Waals surface area contributed by atoms with Crippen molar-refractivity contribution in [2.75, 3.05) is 0 Å². The van der Waals surface area contributed by atoms with E-state index in [0.717, 1.165) is 16.3 Å². The molecule has 0 saturated carbocycles. The molecule has 3 heteroatoms. The molecule has 0 aliphatic carbocycles. The fourth-order valence-corrected chi connectivity index (χ4v) is 2.81. The van der Waals surface area contributed by atoms with Gasteiger partial charge in [0, 0.05) is 4.88 Å². The van der Waals surface area contributed by atoms with Crippen molar-refractivity contribution in [2.45, 2.75) is 26.8 Å². The van der Waals surface area contributed by atoms with Crippen molar-refractivity contribution in [2.24, 2.45) is 5.73 Å². The Morgan fingerprint density at radius 3 is 2.56 bits per heavy atom. The second-order valence-electron chi connectivity index (χ2n) is 4.07. The second kappa shape index (κ2) is 4.36. The van der Waals surface area contributed by atoms with Crippen molar-refractivity contribution in [3.8, 4) is 0 Å². The summed E-state index contributed by atoms with van der Waals surface area (Å²) in [5.74, 6) is 0. The van der Waals surface area contributed by atoms with Crippen LogP contribution in [0.3, 0.4) is 0 Å². The van der Waals surface area contributed by atoms with Crippen LogP contribution in [0.1, 0.15) is 32.7 Å².